The van der Waals surface area contributed by atoms with Crippen LogP contribution in [-0.4, -0.2) is 15.2 Å². The third-order valence-electron chi connectivity index (χ3n) is 2.17. The van der Waals surface area contributed by atoms with Gasteiger partial charge in [-0.2, -0.15) is 5.10 Å². The van der Waals surface area contributed by atoms with Crippen LogP contribution in [0.5, 0.6) is 0 Å². The normalized spacial score (nSPS) is 10.4. The van der Waals surface area contributed by atoms with Crippen LogP contribution in [0.1, 0.15) is 11.4 Å². The number of nitrogens with zero attached hydrogens (tertiary/aromatic N) is 2. The molecule has 2 aromatic rings. The average molecular weight is 188 g/mol. The summed E-state index contributed by atoms with van der Waals surface area (Å²) in [6.07, 6.45) is 1.71. The summed E-state index contributed by atoms with van der Waals surface area (Å²) in [5.41, 5.74) is 10.3. The number of H-pyrrole nitrogens is 1. The van der Waals surface area contributed by atoms with Crippen molar-refractivity contribution in [2.24, 2.45) is 0 Å². The van der Waals surface area contributed by atoms with Gasteiger partial charge in [0.2, 0.25) is 0 Å². The molecular weight excluding hydrogens is 176 g/mol. The fourth-order valence-corrected chi connectivity index (χ4v) is 1.47. The summed E-state index contributed by atoms with van der Waals surface area (Å²) in [6.45, 7) is 3.86. The maximum Gasteiger partial charge on any atom is 0.0672 e. The molecule has 0 spiro atoms. The Hall–Kier alpha value is -1.84. The number of aromatic amines is 1. The molecule has 4 heteroatoms. The van der Waals surface area contributed by atoms with Crippen molar-refractivity contribution < 1.29 is 0 Å². The Kier molecular flexibility index (Phi) is 1.96. The molecule has 0 aliphatic rings. The molecule has 2 aromatic heterocycles. The lowest BCUT2D eigenvalue weighted by Gasteiger charge is -2.07. The minimum atomic E-state index is 0.708. The van der Waals surface area contributed by atoms with E-state index in [4.69, 9.17) is 5.73 Å². The van der Waals surface area contributed by atoms with E-state index in [1.54, 1.807) is 6.20 Å². The van der Waals surface area contributed by atoms with Crippen LogP contribution in [0.15, 0.2) is 18.3 Å². The van der Waals surface area contributed by atoms with Crippen molar-refractivity contribution in [2.45, 2.75) is 13.8 Å². The molecule has 0 unspecified atom stereocenters. The molecule has 0 aliphatic carbocycles. The van der Waals surface area contributed by atoms with Gasteiger partial charge in [-0.25, -0.2) is 0 Å². The van der Waals surface area contributed by atoms with Crippen LogP contribution in [0.25, 0.3) is 11.3 Å². The third kappa shape index (κ3) is 1.35. The molecule has 0 saturated carbocycles. The monoisotopic (exact) mass is 188 g/mol. The zero-order chi connectivity index (χ0) is 10.1. The van der Waals surface area contributed by atoms with Gasteiger partial charge in [-0.1, -0.05) is 0 Å². The van der Waals surface area contributed by atoms with Crippen LogP contribution in [0.3, 0.4) is 0 Å². The van der Waals surface area contributed by atoms with Gasteiger partial charge in [0.1, 0.15) is 0 Å². The van der Waals surface area contributed by atoms with Crippen LogP contribution < -0.4 is 5.73 Å². The van der Waals surface area contributed by atoms with Crippen LogP contribution in [0, 0.1) is 13.8 Å². The van der Waals surface area contributed by atoms with Crippen LogP contribution in [0.2, 0.25) is 0 Å². The van der Waals surface area contributed by atoms with E-state index in [0.717, 1.165) is 22.6 Å². The second kappa shape index (κ2) is 3.14. The fraction of sp³-hybridized carbons (Fsp3) is 0.200. The highest BCUT2D eigenvalue weighted by Crippen LogP contribution is 2.26. The summed E-state index contributed by atoms with van der Waals surface area (Å²) in [5.74, 6) is 0. The highest BCUT2D eigenvalue weighted by atomic mass is 15.1. The Balaban J connectivity index is 2.64. The molecule has 0 fully saturated rings. The standard InChI is InChI=1S/C10H12N4/c1-6-5-8(9-3-4-12-14-9)10(11)7(2)13-6/h3-5H,11H2,1-2H3,(H,12,14). The highest BCUT2D eigenvalue weighted by molar-refractivity contribution is 5.75. The molecule has 4 nitrogen and oxygen atoms in total. The second-order valence-corrected chi connectivity index (χ2v) is 3.28. The van der Waals surface area contributed by atoms with Crippen molar-refractivity contribution in [3.8, 4) is 11.3 Å². The summed E-state index contributed by atoms with van der Waals surface area (Å²) in [5, 5.41) is 6.79. The zero-order valence-electron chi connectivity index (χ0n) is 8.20. The molecule has 14 heavy (non-hydrogen) atoms. The molecular formula is C10H12N4. The number of anilines is 1. The molecule has 0 radical (unpaired) electrons. The first-order chi connectivity index (χ1) is 6.68. The van der Waals surface area contributed by atoms with Crippen molar-refractivity contribution >= 4 is 5.69 Å². The lowest BCUT2D eigenvalue weighted by atomic mass is 10.1. The first kappa shape index (κ1) is 8.74. The Morgan fingerprint density at radius 3 is 2.79 bits per heavy atom. The summed E-state index contributed by atoms with van der Waals surface area (Å²) in [4.78, 5) is 4.28. The van der Waals surface area contributed by atoms with E-state index in [-0.39, 0.29) is 0 Å². The molecule has 0 amide bonds. The predicted molar refractivity (Wildman–Crippen MR) is 55.7 cm³/mol. The van der Waals surface area contributed by atoms with Crippen molar-refractivity contribution in [2.75, 3.05) is 5.73 Å². The van der Waals surface area contributed by atoms with Gasteiger partial charge >= 0.3 is 0 Å². The minimum Gasteiger partial charge on any atom is -0.397 e. The topological polar surface area (TPSA) is 67.6 Å². The molecule has 0 aromatic carbocycles. The van der Waals surface area contributed by atoms with Gasteiger partial charge in [0.15, 0.2) is 0 Å². The van der Waals surface area contributed by atoms with E-state index in [0.29, 0.717) is 5.69 Å². The number of aromatic nitrogens is 3. The molecule has 0 saturated heterocycles. The summed E-state index contributed by atoms with van der Waals surface area (Å²) in [7, 11) is 0. The minimum absolute atomic E-state index is 0.708. The SMILES string of the molecule is Cc1cc(-c2ccn[nH]2)c(N)c(C)n1. The van der Waals surface area contributed by atoms with Crippen LogP contribution >= 0.6 is 0 Å². The van der Waals surface area contributed by atoms with E-state index in [1.807, 2.05) is 26.0 Å². The number of nitrogen functional groups attached to an aromatic ring is 1. The van der Waals surface area contributed by atoms with Gasteiger partial charge in [0.25, 0.3) is 0 Å². The second-order valence-electron chi connectivity index (χ2n) is 3.28. The van der Waals surface area contributed by atoms with E-state index in [9.17, 15) is 0 Å². The molecule has 2 heterocycles. The van der Waals surface area contributed by atoms with Gasteiger partial charge in [-0.3, -0.25) is 10.1 Å². The number of aryl methyl sites for hydroxylation is 2. The van der Waals surface area contributed by atoms with Crippen LogP contribution in [-0.2, 0) is 0 Å². The predicted octanol–water partition coefficient (Wildman–Crippen LogP) is 1.67. The van der Waals surface area contributed by atoms with Crippen molar-refractivity contribution in [3.05, 3.63) is 29.7 Å². The zero-order valence-corrected chi connectivity index (χ0v) is 8.20. The molecule has 0 atom stereocenters. The maximum absolute atomic E-state index is 5.93. The van der Waals surface area contributed by atoms with Gasteiger partial charge in [0, 0.05) is 17.5 Å². The Morgan fingerprint density at radius 1 is 1.36 bits per heavy atom. The third-order valence-corrected chi connectivity index (χ3v) is 2.17. The van der Waals surface area contributed by atoms with E-state index in [2.05, 4.69) is 15.2 Å². The largest absolute Gasteiger partial charge is 0.397 e. The lowest BCUT2D eigenvalue weighted by molar-refractivity contribution is 1.08. The van der Waals surface area contributed by atoms with Gasteiger partial charge in [-0.15, -0.1) is 0 Å². The number of hydrogen-bond donors (Lipinski definition) is 2. The number of nitrogens with two attached hydrogens (primary N) is 1. The summed E-state index contributed by atoms with van der Waals surface area (Å²) in [6, 6.07) is 3.85. The number of nitrogens with one attached hydrogen (secondary N) is 1. The van der Waals surface area contributed by atoms with E-state index in [1.165, 1.54) is 0 Å². The Morgan fingerprint density at radius 2 is 2.14 bits per heavy atom. The van der Waals surface area contributed by atoms with Gasteiger partial charge < -0.3 is 5.73 Å². The van der Waals surface area contributed by atoms with Gasteiger partial charge in [0.05, 0.1) is 17.1 Å². The van der Waals surface area contributed by atoms with Crippen LogP contribution in [0.4, 0.5) is 5.69 Å². The summed E-state index contributed by atoms with van der Waals surface area (Å²) < 4.78 is 0. The van der Waals surface area contributed by atoms with E-state index < -0.39 is 0 Å². The molecule has 0 bridgehead atoms. The van der Waals surface area contributed by atoms with Gasteiger partial charge in [-0.05, 0) is 26.0 Å². The Labute approximate surface area is 82.2 Å². The number of pyridine rings is 1. The lowest BCUT2D eigenvalue weighted by Crippen LogP contribution is -1.98. The number of hydrogen-bond acceptors (Lipinski definition) is 3. The van der Waals surface area contributed by atoms with Crippen molar-refractivity contribution in [1.82, 2.24) is 15.2 Å². The van der Waals surface area contributed by atoms with E-state index >= 15 is 0 Å². The molecule has 3 N–H and O–H groups in total. The quantitative estimate of drug-likeness (QED) is 0.715. The molecule has 72 valence electrons. The fourth-order valence-electron chi connectivity index (χ4n) is 1.47. The van der Waals surface area contributed by atoms with Crippen molar-refractivity contribution in [1.29, 1.82) is 0 Å². The average Bonchev–Trinajstić information content (AvgIpc) is 2.63. The van der Waals surface area contributed by atoms with Crippen molar-refractivity contribution in [3.63, 3.8) is 0 Å². The number of rotatable bonds is 1. The first-order valence-corrected chi connectivity index (χ1v) is 4.42. The first-order valence-electron chi connectivity index (χ1n) is 4.42. The highest BCUT2D eigenvalue weighted by Gasteiger charge is 2.07. The molecule has 2 rings (SSSR count). The Bertz CT molecular complexity index is 445. The maximum atomic E-state index is 5.93. The molecule has 0 aliphatic heterocycles. The summed E-state index contributed by atoms with van der Waals surface area (Å²) >= 11 is 0. The smallest absolute Gasteiger partial charge is 0.0672 e.